The maximum Gasteiger partial charge on any atom is 0.123 e. The molecule has 14 heavy (non-hydrogen) atoms. The van der Waals surface area contributed by atoms with Crippen molar-refractivity contribution >= 4 is 0 Å². The predicted molar refractivity (Wildman–Crippen MR) is 55.7 cm³/mol. The second kappa shape index (κ2) is 5.11. The van der Waals surface area contributed by atoms with Crippen LogP contribution in [0.4, 0.5) is 4.39 Å². The Balaban J connectivity index is 2.52. The molecule has 0 heterocycles. The van der Waals surface area contributed by atoms with Crippen molar-refractivity contribution in [2.75, 3.05) is 0 Å². The zero-order chi connectivity index (χ0) is 10.6. The number of rotatable bonds is 4. The highest BCUT2D eigenvalue weighted by atomic mass is 19.1. The summed E-state index contributed by atoms with van der Waals surface area (Å²) in [6.07, 6.45) is 1.47. The lowest BCUT2D eigenvalue weighted by molar-refractivity contribution is 0.179. The molecular formula is C12H17FO. The van der Waals surface area contributed by atoms with Crippen molar-refractivity contribution in [2.24, 2.45) is 0 Å². The van der Waals surface area contributed by atoms with Crippen molar-refractivity contribution in [3.05, 3.63) is 35.6 Å². The van der Waals surface area contributed by atoms with E-state index in [0.717, 1.165) is 18.4 Å². The highest BCUT2D eigenvalue weighted by Crippen LogP contribution is 2.21. The normalized spacial score (nSPS) is 15.1. The molecule has 1 unspecified atom stereocenters. The van der Waals surface area contributed by atoms with Crippen LogP contribution in [0.3, 0.4) is 0 Å². The van der Waals surface area contributed by atoms with Crippen LogP contribution in [-0.4, -0.2) is 11.2 Å². The van der Waals surface area contributed by atoms with Crippen LogP contribution in [-0.2, 0) is 0 Å². The molecule has 78 valence electrons. The highest BCUT2D eigenvalue weighted by Gasteiger charge is 2.06. The zero-order valence-electron chi connectivity index (χ0n) is 8.70. The number of benzene rings is 1. The van der Waals surface area contributed by atoms with Gasteiger partial charge in [-0.05, 0) is 43.4 Å². The summed E-state index contributed by atoms with van der Waals surface area (Å²) in [5.74, 6) is 0.182. The van der Waals surface area contributed by atoms with E-state index in [1.165, 1.54) is 12.1 Å². The van der Waals surface area contributed by atoms with E-state index < -0.39 is 0 Å². The molecule has 1 nitrogen and oxygen atoms in total. The summed E-state index contributed by atoms with van der Waals surface area (Å²) in [5, 5.41) is 9.13. The van der Waals surface area contributed by atoms with E-state index >= 15 is 0 Å². The summed E-state index contributed by atoms with van der Waals surface area (Å²) in [6, 6.07) is 6.58. The fraction of sp³-hybridized carbons (Fsp3) is 0.500. The largest absolute Gasteiger partial charge is 0.393 e. The van der Waals surface area contributed by atoms with Gasteiger partial charge in [-0.15, -0.1) is 0 Å². The van der Waals surface area contributed by atoms with Gasteiger partial charge in [0, 0.05) is 0 Å². The molecule has 1 aromatic carbocycles. The first-order chi connectivity index (χ1) is 6.59. The molecule has 0 aliphatic heterocycles. The van der Waals surface area contributed by atoms with Gasteiger partial charge in [0.1, 0.15) is 5.82 Å². The first-order valence-electron chi connectivity index (χ1n) is 5.03. The Morgan fingerprint density at radius 3 is 2.21 bits per heavy atom. The third kappa shape index (κ3) is 3.46. The van der Waals surface area contributed by atoms with Gasteiger partial charge in [0.15, 0.2) is 0 Å². The van der Waals surface area contributed by atoms with Crippen LogP contribution in [0.2, 0.25) is 0 Å². The van der Waals surface area contributed by atoms with Crippen molar-refractivity contribution in [3.8, 4) is 0 Å². The van der Waals surface area contributed by atoms with Gasteiger partial charge in [0.05, 0.1) is 6.10 Å². The van der Waals surface area contributed by atoms with Crippen LogP contribution in [0.25, 0.3) is 0 Å². The second-order valence-corrected chi connectivity index (χ2v) is 3.88. The summed E-state index contributed by atoms with van der Waals surface area (Å²) in [7, 11) is 0. The molecule has 0 spiro atoms. The van der Waals surface area contributed by atoms with Crippen molar-refractivity contribution in [3.63, 3.8) is 0 Å². The molecule has 0 fully saturated rings. The predicted octanol–water partition coefficient (Wildman–Crippen LogP) is 3.09. The molecule has 0 saturated heterocycles. The maximum absolute atomic E-state index is 12.6. The standard InChI is InChI=1S/C12H17FO/c1-9(3-4-10(2)14)11-5-7-12(13)8-6-11/h5-10,14H,3-4H2,1-2H3/t9?,10-/m1/s1. The minimum absolute atomic E-state index is 0.198. The van der Waals surface area contributed by atoms with Crippen LogP contribution in [0.15, 0.2) is 24.3 Å². The number of halogens is 1. The van der Waals surface area contributed by atoms with Gasteiger partial charge in [0.25, 0.3) is 0 Å². The molecular weight excluding hydrogens is 179 g/mol. The average Bonchev–Trinajstić information content (AvgIpc) is 2.15. The Bertz CT molecular complexity index is 266. The third-order valence-corrected chi connectivity index (χ3v) is 2.46. The van der Waals surface area contributed by atoms with Crippen molar-refractivity contribution < 1.29 is 9.50 Å². The summed E-state index contributed by atoms with van der Waals surface area (Å²) in [4.78, 5) is 0. The smallest absolute Gasteiger partial charge is 0.123 e. The van der Waals surface area contributed by atoms with Gasteiger partial charge < -0.3 is 5.11 Å². The molecule has 1 rings (SSSR count). The molecule has 0 radical (unpaired) electrons. The first-order valence-corrected chi connectivity index (χ1v) is 5.03. The number of hydrogen-bond donors (Lipinski definition) is 1. The Hall–Kier alpha value is -0.890. The Labute approximate surface area is 84.6 Å². The SMILES string of the molecule is CC(CC[C@@H](C)O)c1ccc(F)cc1. The first kappa shape index (κ1) is 11.2. The molecule has 0 aliphatic carbocycles. The van der Waals surface area contributed by atoms with Gasteiger partial charge in [-0.1, -0.05) is 19.1 Å². The molecule has 2 heteroatoms. The molecule has 0 saturated carbocycles. The van der Waals surface area contributed by atoms with Crippen LogP contribution >= 0.6 is 0 Å². The fourth-order valence-electron chi connectivity index (χ4n) is 1.45. The average molecular weight is 196 g/mol. The molecule has 0 bridgehead atoms. The van der Waals surface area contributed by atoms with Crippen LogP contribution < -0.4 is 0 Å². The van der Waals surface area contributed by atoms with Gasteiger partial charge in [0.2, 0.25) is 0 Å². The summed E-state index contributed by atoms with van der Waals surface area (Å²) < 4.78 is 12.6. The van der Waals surface area contributed by atoms with E-state index in [4.69, 9.17) is 5.11 Å². The highest BCUT2D eigenvalue weighted by molar-refractivity contribution is 5.19. The monoisotopic (exact) mass is 196 g/mol. The van der Waals surface area contributed by atoms with Crippen LogP contribution in [0.5, 0.6) is 0 Å². The van der Waals surface area contributed by atoms with E-state index in [-0.39, 0.29) is 11.9 Å². The van der Waals surface area contributed by atoms with Crippen LogP contribution in [0.1, 0.15) is 38.2 Å². The quantitative estimate of drug-likeness (QED) is 0.784. The minimum atomic E-state index is -0.252. The minimum Gasteiger partial charge on any atom is -0.393 e. The van der Waals surface area contributed by atoms with Crippen molar-refractivity contribution in [2.45, 2.75) is 38.7 Å². The van der Waals surface area contributed by atoms with Crippen molar-refractivity contribution in [1.82, 2.24) is 0 Å². The Morgan fingerprint density at radius 1 is 1.14 bits per heavy atom. The van der Waals surface area contributed by atoms with Crippen LogP contribution in [0, 0.1) is 5.82 Å². The van der Waals surface area contributed by atoms with Gasteiger partial charge in [-0.2, -0.15) is 0 Å². The van der Waals surface area contributed by atoms with Gasteiger partial charge in [-0.3, -0.25) is 0 Å². The molecule has 1 N–H and O–H groups in total. The maximum atomic E-state index is 12.6. The van der Waals surface area contributed by atoms with E-state index in [2.05, 4.69) is 6.92 Å². The topological polar surface area (TPSA) is 20.2 Å². The molecule has 2 atom stereocenters. The van der Waals surface area contributed by atoms with E-state index in [1.807, 2.05) is 12.1 Å². The van der Waals surface area contributed by atoms with Gasteiger partial charge >= 0.3 is 0 Å². The fourth-order valence-corrected chi connectivity index (χ4v) is 1.45. The lowest BCUT2D eigenvalue weighted by Gasteiger charge is -2.12. The number of aliphatic hydroxyl groups excluding tert-OH is 1. The summed E-state index contributed by atoms with van der Waals surface area (Å²) in [5.41, 5.74) is 1.13. The molecule has 0 aliphatic rings. The number of aliphatic hydroxyl groups is 1. The Kier molecular flexibility index (Phi) is 4.08. The van der Waals surface area contributed by atoms with Crippen molar-refractivity contribution in [1.29, 1.82) is 0 Å². The lowest BCUT2D eigenvalue weighted by atomic mass is 9.95. The summed E-state index contributed by atoms with van der Waals surface area (Å²) in [6.45, 7) is 3.88. The Morgan fingerprint density at radius 2 is 1.71 bits per heavy atom. The van der Waals surface area contributed by atoms with E-state index in [0.29, 0.717) is 5.92 Å². The molecule has 1 aromatic rings. The molecule has 0 aromatic heterocycles. The summed E-state index contributed by atoms with van der Waals surface area (Å²) >= 11 is 0. The molecule has 0 amide bonds. The number of hydrogen-bond acceptors (Lipinski definition) is 1. The lowest BCUT2D eigenvalue weighted by Crippen LogP contribution is -2.02. The van der Waals surface area contributed by atoms with E-state index in [9.17, 15) is 4.39 Å². The van der Waals surface area contributed by atoms with Gasteiger partial charge in [-0.25, -0.2) is 4.39 Å². The third-order valence-electron chi connectivity index (χ3n) is 2.46. The zero-order valence-corrected chi connectivity index (χ0v) is 8.70. The second-order valence-electron chi connectivity index (χ2n) is 3.88. The van der Waals surface area contributed by atoms with E-state index in [1.54, 1.807) is 6.92 Å².